The van der Waals surface area contributed by atoms with E-state index in [0.29, 0.717) is 24.5 Å². The minimum absolute atomic E-state index is 0.0427. The summed E-state index contributed by atoms with van der Waals surface area (Å²) in [5.74, 6) is 0.157. The van der Waals surface area contributed by atoms with Gasteiger partial charge in [-0.3, -0.25) is 14.6 Å². The number of benzene rings is 1. The van der Waals surface area contributed by atoms with Gasteiger partial charge in [-0.25, -0.2) is 0 Å². The van der Waals surface area contributed by atoms with Crippen molar-refractivity contribution in [3.8, 4) is 0 Å². The Labute approximate surface area is 175 Å². The summed E-state index contributed by atoms with van der Waals surface area (Å²) in [4.78, 5) is 18.8. The Morgan fingerprint density at radius 1 is 1.14 bits per heavy atom. The van der Waals surface area contributed by atoms with Crippen molar-refractivity contribution in [2.45, 2.75) is 56.5 Å². The van der Waals surface area contributed by atoms with Gasteiger partial charge in [-0.2, -0.15) is 0 Å². The number of piperidine rings is 1. The highest BCUT2D eigenvalue weighted by molar-refractivity contribution is 5.76. The maximum atomic E-state index is 12.0. The van der Waals surface area contributed by atoms with Crippen LogP contribution in [0, 0.1) is 0 Å². The molecule has 6 heteroatoms. The van der Waals surface area contributed by atoms with E-state index in [-0.39, 0.29) is 12.0 Å². The summed E-state index contributed by atoms with van der Waals surface area (Å²) < 4.78 is 6.00. The van der Waals surface area contributed by atoms with E-state index in [2.05, 4.69) is 45.4 Å². The zero-order valence-corrected chi connectivity index (χ0v) is 17.9. The minimum Gasteiger partial charge on any atom is -0.375 e. The molecule has 4 rings (SSSR count). The SMILES string of the molecule is CN(C)C(=O)C[C@H]1CN2C[C@H](NC3CCN(Cc4ccccc4)CC3)C[C@H]2CO1. The van der Waals surface area contributed by atoms with E-state index in [1.165, 1.54) is 37.9 Å². The van der Waals surface area contributed by atoms with Crippen molar-refractivity contribution in [3.05, 3.63) is 35.9 Å². The number of carbonyl (C=O) groups excluding carboxylic acids is 1. The number of morpholine rings is 1. The molecule has 0 spiro atoms. The zero-order valence-electron chi connectivity index (χ0n) is 17.9. The van der Waals surface area contributed by atoms with Crippen LogP contribution in [0.2, 0.25) is 0 Å². The average molecular weight is 401 g/mol. The third-order valence-electron chi connectivity index (χ3n) is 6.70. The molecule has 1 aromatic carbocycles. The number of nitrogens with zero attached hydrogens (tertiary/aromatic N) is 3. The van der Waals surface area contributed by atoms with Crippen LogP contribution in [0.4, 0.5) is 0 Å². The van der Waals surface area contributed by atoms with Crippen LogP contribution in [0.25, 0.3) is 0 Å². The van der Waals surface area contributed by atoms with E-state index in [4.69, 9.17) is 4.74 Å². The van der Waals surface area contributed by atoms with Gasteiger partial charge >= 0.3 is 0 Å². The van der Waals surface area contributed by atoms with Crippen LogP contribution < -0.4 is 5.32 Å². The van der Waals surface area contributed by atoms with E-state index in [0.717, 1.165) is 26.2 Å². The molecule has 0 radical (unpaired) electrons. The fourth-order valence-corrected chi connectivity index (χ4v) is 5.00. The second kappa shape index (κ2) is 9.56. The number of hydrogen-bond donors (Lipinski definition) is 1. The summed E-state index contributed by atoms with van der Waals surface area (Å²) >= 11 is 0. The molecule has 0 aromatic heterocycles. The van der Waals surface area contributed by atoms with Gasteiger partial charge in [-0.15, -0.1) is 0 Å². The van der Waals surface area contributed by atoms with Gasteiger partial charge in [0.1, 0.15) is 0 Å². The van der Waals surface area contributed by atoms with E-state index >= 15 is 0 Å². The number of carbonyl (C=O) groups is 1. The number of hydrogen-bond acceptors (Lipinski definition) is 5. The van der Waals surface area contributed by atoms with Crippen LogP contribution in [-0.2, 0) is 16.1 Å². The fraction of sp³-hybridized carbons (Fsp3) is 0.696. The first-order valence-corrected chi connectivity index (χ1v) is 11.1. The van der Waals surface area contributed by atoms with Gasteiger partial charge in [0.15, 0.2) is 0 Å². The Morgan fingerprint density at radius 2 is 1.90 bits per heavy atom. The third kappa shape index (κ3) is 5.57. The van der Waals surface area contributed by atoms with Gasteiger partial charge in [0.25, 0.3) is 0 Å². The van der Waals surface area contributed by atoms with E-state index in [1.54, 1.807) is 4.90 Å². The number of fused-ring (bicyclic) bond motifs is 1. The molecule has 6 nitrogen and oxygen atoms in total. The van der Waals surface area contributed by atoms with Crippen molar-refractivity contribution in [1.29, 1.82) is 0 Å². The normalized spacial score (nSPS) is 29.0. The standard InChI is InChI=1S/C23H36N4O2/c1-25(2)23(28)13-22-16-27-15-20(12-21(27)17-29-22)24-19-8-10-26(11-9-19)14-18-6-4-3-5-7-18/h3-7,19-22,24H,8-17H2,1-2H3/t20-,21+,22+/m1/s1. The number of amides is 1. The molecule has 1 amide bonds. The van der Waals surface area contributed by atoms with Crippen molar-refractivity contribution >= 4 is 5.91 Å². The van der Waals surface area contributed by atoms with Crippen LogP contribution in [0.3, 0.4) is 0 Å². The molecule has 3 aliphatic heterocycles. The lowest BCUT2D eigenvalue weighted by Gasteiger charge is -2.35. The maximum Gasteiger partial charge on any atom is 0.224 e. The molecule has 1 aromatic rings. The Bertz CT molecular complexity index is 660. The largest absolute Gasteiger partial charge is 0.375 e. The summed E-state index contributed by atoms with van der Waals surface area (Å²) in [6.45, 7) is 6.15. The van der Waals surface area contributed by atoms with Crippen LogP contribution in [0.5, 0.6) is 0 Å². The molecular formula is C23H36N4O2. The van der Waals surface area contributed by atoms with Crippen molar-refractivity contribution in [3.63, 3.8) is 0 Å². The summed E-state index contributed by atoms with van der Waals surface area (Å²) in [5, 5.41) is 3.93. The second-order valence-corrected chi connectivity index (χ2v) is 9.19. The molecule has 0 saturated carbocycles. The first kappa shape index (κ1) is 20.8. The minimum atomic E-state index is 0.0427. The molecular weight excluding hydrogens is 364 g/mol. The summed E-state index contributed by atoms with van der Waals surface area (Å²) in [5.41, 5.74) is 1.41. The molecule has 1 N–H and O–H groups in total. The van der Waals surface area contributed by atoms with Gasteiger partial charge in [-0.05, 0) is 37.9 Å². The molecule has 0 bridgehead atoms. The average Bonchev–Trinajstić information content (AvgIpc) is 3.11. The highest BCUT2D eigenvalue weighted by Gasteiger charge is 2.38. The lowest BCUT2D eigenvalue weighted by atomic mass is 10.0. The topological polar surface area (TPSA) is 48.1 Å². The van der Waals surface area contributed by atoms with Gasteiger partial charge in [0.2, 0.25) is 5.91 Å². The van der Waals surface area contributed by atoms with E-state index in [1.807, 2.05) is 14.1 Å². The van der Waals surface area contributed by atoms with Crippen molar-refractivity contribution in [2.75, 3.05) is 46.9 Å². The van der Waals surface area contributed by atoms with Crippen LogP contribution in [-0.4, -0.2) is 91.7 Å². The third-order valence-corrected chi connectivity index (χ3v) is 6.70. The predicted octanol–water partition coefficient (Wildman–Crippen LogP) is 1.56. The quantitative estimate of drug-likeness (QED) is 0.785. The predicted molar refractivity (Wildman–Crippen MR) is 115 cm³/mol. The molecule has 3 atom stereocenters. The Morgan fingerprint density at radius 3 is 2.62 bits per heavy atom. The Kier molecular flexibility index (Phi) is 6.85. The smallest absolute Gasteiger partial charge is 0.224 e. The molecule has 0 unspecified atom stereocenters. The zero-order chi connectivity index (χ0) is 20.2. The van der Waals surface area contributed by atoms with Crippen LogP contribution >= 0.6 is 0 Å². The molecule has 3 saturated heterocycles. The van der Waals surface area contributed by atoms with Crippen molar-refractivity contribution in [2.24, 2.45) is 0 Å². The van der Waals surface area contributed by atoms with Gasteiger partial charge in [0.05, 0.1) is 19.1 Å². The molecule has 3 heterocycles. The van der Waals surface area contributed by atoms with Crippen molar-refractivity contribution in [1.82, 2.24) is 20.0 Å². The molecule has 29 heavy (non-hydrogen) atoms. The monoisotopic (exact) mass is 400 g/mol. The number of nitrogens with one attached hydrogen (secondary N) is 1. The number of likely N-dealkylation sites (tertiary alicyclic amines) is 1. The summed E-state index contributed by atoms with van der Waals surface area (Å²) in [6, 6.07) is 12.5. The first-order chi connectivity index (χ1) is 14.1. The molecule has 3 fully saturated rings. The van der Waals surface area contributed by atoms with Gasteiger partial charge in [-0.1, -0.05) is 30.3 Å². The highest BCUT2D eigenvalue weighted by Crippen LogP contribution is 2.26. The van der Waals surface area contributed by atoms with Crippen LogP contribution in [0.1, 0.15) is 31.2 Å². The second-order valence-electron chi connectivity index (χ2n) is 9.19. The molecule has 160 valence electrons. The summed E-state index contributed by atoms with van der Waals surface area (Å²) in [7, 11) is 3.63. The molecule has 3 aliphatic rings. The number of ether oxygens (including phenoxy) is 1. The van der Waals surface area contributed by atoms with E-state index in [9.17, 15) is 4.79 Å². The Hall–Kier alpha value is -1.47. The lowest BCUT2D eigenvalue weighted by molar-refractivity contribution is -0.134. The highest BCUT2D eigenvalue weighted by atomic mass is 16.5. The van der Waals surface area contributed by atoms with Gasteiger partial charge in [0, 0.05) is 51.9 Å². The van der Waals surface area contributed by atoms with Gasteiger partial charge < -0.3 is 15.0 Å². The maximum absolute atomic E-state index is 12.0. The summed E-state index contributed by atoms with van der Waals surface area (Å²) in [6.07, 6.45) is 4.16. The van der Waals surface area contributed by atoms with Crippen molar-refractivity contribution < 1.29 is 9.53 Å². The van der Waals surface area contributed by atoms with E-state index < -0.39 is 0 Å². The number of rotatable bonds is 6. The molecule has 0 aliphatic carbocycles. The lowest BCUT2D eigenvalue weighted by Crippen LogP contribution is -2.48. The first-order valence-electron chi connectivity index (χ1n) is 11.1. The van der Waals surface area contributed by atoms with Crippen LogP contribution in [0.15, 0.2) is 30.3 Å². The fourth-order valence-electron chi connectivity index (χ4n) is 5.00. The Balaban J connectivity index is 1.19.